The summed E-state index contributed by atoms with van der Waals surface area (Å²) in [5.41, 5.74) is 0. The first-order chi connectivity index (χ1) is 0. The molecule has 0 rings (SSSR count). The van der Waals surface area contributed by atoms with Gasteiger partial charge in [0, 0.05) is 17.1 Å². The summed E-state index contributed by atoms with van der Waals surface area (Å²) in [6, 6.07) is 0. The van der Waals surface area contributed by atoms with Crippen molar-refractivity contribution in [1.82, 2.24) is 6.15 Å². The van der Waals surface area contributed by atoms with E-state index < -0.39 is 0 Å². The van der Waals surface area contributed by atoms with Crippen LogP contribution >= 0.6 is 0 Å². The first-order valence-corrected chi connectivity index (χ1v) is 0. The minimum Gasteiger partial charge on any atom is -1.00 e. The zero-order chi connectivity index (χ0) is 0. The number of hydrogen-bond acceptors (Lipinski definition) is 1. The summed E-state index contributed by atoms with van der Waals surface area (Å²) >= 11 is 0. The van der Waals surface area contributed by atoms with Crippen molar-refractivity contribution in [3.8, 4) is 0 Å². The van der Waals surface area contributed by atoms with E-state index in [-0.39, 0.29) is 66.5 Å². The standard InChI is InChI=1S/Al.Cu.Mg.H3N.5H/h;;;1H3;;;;;/q;;+2;;;;;2*-1. The van der Waals surface area contributed by atoms with Crippen molar-refractivity contribution in [2.24, 2.45) is 0 Å². The molecule has 0 unspecified atom stereocenters. The van der Waals surface area contributed by atoms with Crippen LogP contribution in [0.4, 0.5) is 0 Å². The van der Waals surface area contributed by atoms with Crippen molar-refractivity contribution < 1.29 is 19.9 Å². The molecule has 0 saturated carbocycles. The molecule has 0 amide bonds. The maximum absolute atomic E-state index is 0. The van der Waals surface area contributed by atoms with Crippen LogP contribution in [0.15, 0.2) is 0 Å². The zero-order valence-electron chi connectivity index (χ0n) is 3.72. The van der Waals surface area contributed by atoms with Gasteiger partial charge in [0.15, 0.2) is 17.4 Å². The van der Waals surface area contributed by atoms with Gasteiger partial charge in [0.2, 0.25) is 0 Å². The number of hydrogen-bond donors (Lipinski definition) is 1. The number of rotatable bonds is 0. The minimum absolute atomic E-state index is 0. The van der Waals surface area contributed by atoms with E-state index in [0.717, 1.165) is 0 Å². The molecule has 0 saturated heterocycles. The van der Waals surface area contributed by atoms with Gasteiger partial charge in [0.1, 0.15) is 0 Å². The van der Waals surface area contributed by atoms with Crippen molar-refractivity contribution in [2.45, 2.75) is 0 Å². The van der Waals surface area contributed by atoms with Crippen LogP contribution in [0, 0.1) is 0 Å². The molecule has 0 aliphatic carbocycles. The molecule has 0 aromatic rings. The second-order valence-corrected chi connectivity index (χ2v) is 0. The molecule has 3 N–H and O–H groups in total. The average Bonchev–Trinajstić information content (AvgIpc) is 0. The van der Waals surface area contributed by atoms with Crippen LogP contribution in [-0.4, -0.2) is 40.4 Å². The van der Waals surface area contributed by atoms with Gasteiger partial charge in [0.25, 0.3) is 0 Å². The van der Waals surface area contributed by atoms with E-state index in [4.69, 9.17) is 0 Å². The second kappa shape index (κ2) is 21.6. The summed E-state index contributed by atoms with van der Waals surface area (Å²) in [5.74, 6) is 0. The Hall–Kier alpha value is 1.78. The molecular formula is H8AlCuMgN. The molecule has 0 atom stereocenters. The van der Waals surface area contributed by atoms with Gasteiger partial charge in [-0.15, -0.1) is 0 Å². The molecule has 4 heteroatoms. The van der Waals surface area contributed by atoms with Crippen molar-refractivity contribution in [1.29, 1.82) is 0 Å². The van der Waals surface area contributed by atoms with Gasteiger partial charge in [-0.1, -0.05) is 0 Å². The molecule has 0 aliphatic rings. The van der Waals surface area contributed by atoms with Gasteiger partial charge in [-0.05, 0) is 0 Å². The zero-order valence-corrected chi connectivity index (χ0v) is 4.07. The first kappa shape index (κ1) is 41.7. The third-order valence-electron chi connectivity index (χ3n) is 0. The predicted octanol–water partition coefficient (Wildman–Crippen LogP) is -1.18. The smallest absolute Gasteiger partial charge is 1.00 e. The van der Waals surface area contributed by atoms with E-state index in [0.29, 0.717) is 0 Å². The van der Waals surface area contributed by atoms with Crippen LogP contribution in [0.3, 0.4) is 0 Å². The van der Waals surface area contributed by atoms with Gasteiger partial charge in [0.05, 0.1) is 0 Å². The minimum atomic E-state index is 0. The fraction of sp³-hybridized carbons (Fsp3) is 0. The molecule has 0 bridgehead atoms. The van der Waals surface area contributed by atoms with Crippen molar-refractivity contribution >= 4 is 40.4 Å². The van der Waals surface area contributed by atoms with E-state index in [1.807, 2.05) is 0 Å². The monoisotopic (exact) mass is 136 g/mol. The Morgan fingerprint density at radius 2 is 1.25 bits per heavy atom. The summed E-state index contributed by atoms with van der Waals surface area (Å²) in [5, 5.41) is 0. The van der Waals surface area contributed by atoms with E-state index in [9.17, 15) is 0 Å². The quantitative estimate of drug-likeness (QED) is 0.419. The van der Waals surface area contributed by atoms with Crippen molar-refractivity contribution in [3.05, 3.63) is 0 Å². The van der Waals surface area contributed by atoms with Crippen molar-refractivity contribution in [3.63, 3.8) is 0 Å². The Balaban J connectivity index is 0. The molecule has 4 heavy (non-hydrogen) atoms. The molecule has 0 aromatic heterocycles. The normalized spacial score (nSPS) is 0. The molecule has 0 aromatic carbocycles. The van der Waals surface area contributed by atoms with E-state index in [1.165, 1.54) is 0 Å². The third kappa shape index (κ3) is 9.22. The SMILES string of the molecule is N.[AlH3].[Cu].[H-].[H-].[Mg+2]. The molecule has 0 spiro atoms. The molecular weight excluding hydrogens is 129 g/mol. The van der Waals surface area contributed by atoms with Gasteiger partial charge in [-0.3, -0.25) is 0 Å². The summed E-state index contributed by atoms with van der Waals surface area (Å²) in [6.07, 6.45) is 0. The Morgan fingerprint density at radius 1 is 1.25 bits per heavy atom. The van der Waals surface area contributed by atoms with Gasteiger partial charge in [-0.2, -0.15) is 0 Å². The molecule has 0 heterocycles. The van der Waals surface area contributed by atoms with Crippen LogP contribution in [-0.2, 0) is 17.1 Å². The molecule has 1 nitrogen and oxygen atoms in total. The summed E-state index contributed by atoms with van der Waals surface area (Å²) in [4.78, 5) is 0. The van der Waals surface area contributed by atoms with Gasteiger partial charge >= 0.3 is 23.1 Å². The summed E-state index contributed by atoms with van der Waals surface area (Å²) in [7, 11) is 0. The predicted molar refractivity (Wildman–Crippen MR) is 22.9 cm³/mol. The van der Waals surface area contributed by atoms with Crippen LogP contribution in [0.2, 0.25) is 0 Å². The van der Waals surface area contributed by atoms with Gasteiger partial charge < -0.3 is 9.00 Å². The molecule has 0 fully saturated rings. The Bertz CT molecular complexity index is 13.5. The topological polar surface area (TPSA) is 35.0 Å². The Labute approximate surface area is 66.2 Å². The van der Waals surface area contributed by atoms with Crippen LogP contribution in [0.5, 0.6) is 0 Å². The van der Waals surface area contributed by atoms with Crippen LogP contribution in [0.1, 0.15) is 2.85 Å². The maximum atomic E-state index is 0. The largest absolute Gasteiger partial charge is 2.00 e. The molecule has 0 aliphatic heterocycles. The summed E-state index contributed by atoms with van der Waals surface area (Å²) < 4.78 is 0. The summed E-state index contributed by atoms with van der Waals surface area (Å²) in [6.45, 7) is 0. The van der Waals surface area contributed by atoms with Crippen LogP contribution in [0.25, 0.3) is 0 Å². The van der Waals surface area contributed by atoms with Crippen LogP contribution < -0.4 is 6.15 Å². The maximum Gasteiger partial charge on any atom is 2.00 e. The Kier molecular flexibility index (Phi) is 225. The second-order valence-electron chi connectivity index (χ2n) is 0. The van der Waals surface area contributed by atoms with Gasteiger partial charge in [-0.25, -0.2) is 0 Å². The first-order valence-electron chi connectivity index (χ1n) is 0. The average molecular weight is 137 g/mol. The molecule has 1 radical (unpaired) electrons. The van der Waals surface area contributed by atoms with Crippen molar-refractivity contribution in [2.75, 3.05) is 0 Å². The third-order valence-corrected chi connectivity index (χ3v) is 0. The fourth-order valence-corrected chi connectivity index (χ4v) is 0. The van der Waals surface area contributed by atoms with E-state index >= 15 is 0 Å². The fourth-order valence-electron chi connectivity index (χ4n) is 0. The molecule has 29 valence electrons. The van der Waals surface area contributed by atoms with E-state index in [2.05, 4.69) is 0 Å². The Morgan fingerprint density at radius 3 is 1.25 bits per heavy atom. The van der Waals surface area contributed by atoms with E-state index in [1.54, 1.807) is 0 Å².